The van der Waals surface area contributed by atoms with Crippen LogP contribution in [0.1, 0.15) is 19.4 Å². The molecule has 0 saturated heterocycles. The molecule has 1 aromatic rings. The molecule has 0 radical (unpaired) electrons. The summed E-state index contributed by atoms with van der Waals surface area (Å²) in [6.45, 7) is 4.90. The van der Waals surface area contributed by atoms with E-state index in [9.17, 15) is 5.11 Å². The molecule has 3 nitrogen and oxygen atoms in total. The van der Waals surface area contributed by atoms with Crippen molar-refractivity contribution in [1.29, 1.82) is 0 Å². The first kappa shape index (κ1) is 14.3. The lowest BCUT2D eigenvalue weighted by molar-refractivity contribution is 0.0801. The standard InChI is InChI=1S/C13H20ClNO2/c1-13(2,16)9-15-7-6-10-8-11(14)4-5-12(10)17-3/h4-5,8,15-16H,6-7,9H2,1-3H3. The van der Waals surface area contributed by atoms with Crippen molar-refractivity contribution in [3.05, 3.63) is 28.8 Å². The Hall–Kier alpha value is -0.770. The van der Waals surface area contributed by atoms with Gasteiger partial charge in [0, 0.05) is 11.6 Å². The SMILES string of the molecule is COc1ccc(Cl)cc1CCNCC(C)(C)O. The molecule has 4 heteroatoms. The topological polar surface area (TPSA) is 41.5 Å². The van der Waals surface area contributed by atoms with E-state index in [0.717, 1.165) is 24.3 Å². The molecule has 96 valence electrons. The molecule has 0 fully saturated rings. The van der Waals surface area contributed by atoms with Crippen LogP contribution in [0.5, 0.6) is 5.75 Å². The Labute approximate surface area is 108 Å². The summed E-state index contributed by atoms with van der Waals surface area (Å²) in [6.07, 6.45) is 0.819. The van der Waals surface area contributed by atoms with E-state index in [1.165, 1.54) is 0 Å². The van der Waals surface area contributed by atoms with E-state index in [1.54, 1.807) is 21.0 Å². The van der Waals surface area contributed by atoms with E-state index in [-0.39, 0.29) is 0 Å². The van der Waals surface area contributed by atoms with Crippen LogP contribution in [-0.2, 0) is 6.42 Å². The second-order valence-electron chi connectivity index (χ2n) is 4.70. The van der Waals surface area contributed by atoms with E-state index < -0.39 is 5.60 Å². The Morgan fingerprint density at radius 1 is 1.41 bits per heavy atom. The molecule has 2 N–H and O–H groups in total. The van der Waals surface area contributed by atoms with E-state index in [0.29, 0.717) is 11.6 Å². The molecule has 0 aliphatic carbocycles. The highest BCUT2D eigenvalue weighted by Crippen LogP contribution is 2.22. The molecule has 0 unspecified atom stereocenters. The van der Waals surface area contributed by atoms with E-state index >= 15 is 0 Å². The number of rotatable bonds is 6. The monoisotopic (exact) mass is 257 g/mol. The number of benzene rings is 1. The van der Waals surface area contributed by atoms with Gasteiger partial charge in [0.05, 0.1) is 12.7 Å². The highest BCUT2D eigenvalue weighted by Gasteiger charge is 2.11. The van der Waals surface area contributed by atoms with Crippen LogP contribution in [-0.4, -0.2) is 30.9 Å². The van der Waals surface area contributed by atoms with Crippen molar-refractivity contribution in [2.75, 3.05) is 20.2 Å². The van der Waals surface area contributed by atoms with E-state index in [2.05, 4.69) is 5.32 Å². The highest BCUT2D eigenvalue weighted by atomic mass is 35.5. The fourth-order valence-corrected chi connectivity index (χ4v) is 1.75. The predicted molar refractivity (Wildman–Crippen MR) is 70.9 cm³/mol. The minimum Gasteiger partial charge on any atom is -0.496 e. The lowest BCUT2D eigenvalue weighted by atomic mass is 10.1. The summed E-state index contributed by atoms with van der Waals surface area (Å²) < 4.78 is 5.26. The van der Waals surface area contributed by atoms with Crippen molar-refractivity contribution in [2.45, 2.75) is 25.9 Å². The summed E-state index contributed by atoms with van der Waals surface area (Å²) >= 11 is 5.94. The number of nitrogens with one attached hydrogen (secondary N) is 1. The average Bonchev–Trinajstić information content (AvgIpc) is 2.23. The lowest BCUT2D eigenvalue weighted by Gasteiger charge is -2.18. The molecule has 0 aliphatic rings. The zero-order valence-electron chi connectivity index (χ0n) is 10.6. The summed E-state index contributed by atoms with van der Waals surface area (Å²) in [7, 11) is 1.65. The Morgan fingerprint density at radius 2 is 2.12 bits per heavy atom. The van der Waals surface area contributed by atoms with Crippen molar-refractivity contribution in [1.82, 2.24) is 5.32 Å². The Bertz CT molecular complexity index is 361. The minimum absolute atomic E-state index is 0.565. The van der Waals surface area contributed by atoms with E-state index in [4.69, 9.17) is 16.3 Å². The van der Waals surface area contributed by atoms with Crippen molar-refractivity contribution in [2.24, 2.45) is 0 Å². The van der Waals surface area contributed by atoms with Crippen LogP contribution in [0, 0.1) is 0 Å². The zero-order valence-corrected chi connectivity index (χ0v) is 11.3. The first-order valence-corrected chi connectivity index (χ1v) is 6.06. The molecule has 17 heavy (non-hydrogen) atoms. The van der Waals surface area contributed by atoms with Crippen LogP contribution in [0.25, 0.3) is 0 Å². The summed E-state index contributed by atoms with van der Waals surface area (Å²) in [6, 6.07) is 5.59. The first-order valence-electron chi connectivity index (χ1n) is 5.68. The molecule has 0 aromatic heterocycles. The molecule has 1 aromatic carbocycles. The third kappa shape index (κ3) is 5.39. The molecule has 0 heterocycles. The maximum atomic E-state index is 9.55. The van der Waals surface area contributed by atoms with Gasteiger partial charge in [0.1, 0.15) is 5.75 Å². The predicted octanol–water partition coefficient (Wildman–Crippen LogP) is 2.25. The van der Waals surface area contributed by atoms with Gasteiger partial charge in [-0.15, -0.1) is 0 Å². The molecule has 0 amide bonds. The van der Waals surface area contributed by atoms with Crippen LogP contribution in [0.3, 0.4) is 0 Å². The fraction of sp³-hybridized carbons (Fsp3) is 0.538. The van der Waals surface area contributed by atoms with Gasteiger partial charge < -0.3 is 15.2 Å². The van der Waals surface area contributed by atoms with Gasteiger partial charge in [0.25, 0.3) is 0 Å². The maximum absolute atomic E-state index is 9.55. The van der Waals surface area contributed by atoms with Crippen molar-refractivity contribution in [3.63, 3.8) is 0 Å². The molecule has 0 bridgehead atoms. The quantitative estimate of drug-likeness (QED) is 0.768. The van der Waals surface area contributed by atoms with Crippen LogP contribution in [0.2, 0.25) is 5.02 Å². The van der Waals surface area contributed by atoms with Crippen molar-refractivity contribution < 1.29 is 9.84 Å². The van der Waals surface area contributed by atoms with Crippen molar-refractivity contribution in [3.8, 4) is 5.75 Å². The molecule has 0 aliphatic heterocycles. The van der Waals surface area contributed by atoms with Gasteiger partial charge in [-0.2, -0.15) is 0 Å². The maximum Gasteiger partial charge on any atom is 0.122 e. The second kappa shape index (κ2) is 6.24. The smallest absolute Gasteiger partial charge is 0.122 e. The molecule has 0 saturated carbocycles. The number of aliphatic hydroxyl groups is 1. The summed E-state index contributed by atoms with van der Waals surface area (Å²) in [4.78, 5) is 0. The fourth-order valence-electron chi connectivity index (χ4n) is 1.56. The average molecular weight is 258 g/mol. The normalized spacial score (nSPS) is 11.6. The van der Waals surface area contributed by atoms with Crippen LogP contribution < -0.4 is 10.1 Å². The Balaban J connectivity index is 2.48. The molecular weight excluding hydrogens is 238 g/mol. The second-order valence-corrected chi connectivity index (χ2v) is 5.13. The Kier molecular flexibility index (Phi) is 5.25. The van der Waals surface area contributed by atoms with Gasteiger partial charge in [-0.05, 0) is 50.6 Å². The van der Waals surface area contributed by atoms with E-state index in [1.807, 2.05) is 18.2 Å². The number of ether oxygens (including phenoxy) is 1. The molecule has 1 rings (SSSR count). The van der Waals surface area contributed by atoms with Gasteiger partial charge in [-0.3, -0.25) is 0 Å². The first-order chi connectivity index (χ1) is 7.92. The Morgan fingerprint density at radius 3 is 2.71 bits per heavy atom. The van der Waals surface area contributed by atoms with Crippen LogP contribution >= 0.6 is 11.6 Å². The summed E-state index contributed by atoms with van der Waals surface area (Å²) in [5, 5.41) is 13.5. The number of halogens is 1. The lowest BCUT2D eigenvalue weighted by Crippen LogP contribution is -2.35. The van der Waals surface area contributed by atoms with Gasteiger partial charge in [0.15, 0.2) is 0 Å². The summed E-state index contributed by atoms with van der Waals surface area (Å²) in [5.74, 6) is 0.847. The van der Waals surface area contributed by atoms with Gasteiger partial charge in [0.2, 0.25) is 0 Å². The van der Waals surface area contributed by atoms with Crippen LogP contribution in [0.4, 0.5) is 0 Å². The zero-order chi connectivity index (χ0) is 12.9. The van der Waals surface area contributed by atoms with Gasteiger partial charge in [-0.25, -0.2) is 0 Å². The largest absolute Gasteiger partial charge is 0.496 e. The minimum atomic E-state index is -0.682. The summed E-state index contributed by atoms with van der Waals surface area (Å²) in [5.41, 5.74) is 0.390. The van der Waals surface area contributed by atoms with Crippen LogP contribution in [0.15, 0.2) is 18.2 Å². The molecular formula is C13H20ClNO2. The number of hydrogen-bond acceptors (Lipinski definition) is 3. The van der Waals surface area contributed by atoms with Gasteiger partial charge >= 0.3 is 0 Å². The third-order valence-electron chi connectivity index (χ3n) is 2.37. The number of methoxy groups -OCH3 is 1. The number of hydrogen-bond donors (Lipinski definition) is 2. The highest BCUT2D eigenvalue weighted by molar-refractivity contribution is 6.30. The molecule has 0 spiro atoms. The van der Waals surface area contributed by atoms with Crippen molar-refractivity contribution >= 4 is 11.6 Å². The molecule has 0 atom stereocenters. The third-order valence-corrected chi connectivity index (χ3v) is 2.61. The van der Waals surface area contributed by atoms with Gasteiger partial charge in [-0.1, -0.05) is 11.6 Å².